The van der Waals surface area contributed by atoms with Gasteiger partial charge in [0.1, 0.15) is 5.75 Å². The van der Waals surface area contributed by atoms with E-state index in [4.69, 9.17) is 21.4 Å². The highest BCUT2D eigenvalue weighted by Crippen LogP contribution is 2.48. The molecule has 0 aromatic heterocycles. The van der Waals surface area contributed by atoms with Crippen LogP contribution in [0.1, 0.15) is 40.9 Å². The van der Waals surface area contributed by atoms with E-state index in [1.54, 1.807) is 18.2 Å². The Bertz CT molecular complexity index is 1180. The molecule has 0 spiro atoms. The summed E-state index contributed by atoms with van der Waals surface area (Å²) < 4.78 is 6.26. The second-order valence-corrected chi connectivity index (χ2v) is 7.95. The number of nitrogens with zero attached hydrogens (tertiary/aromatic N) is 3. The summed E-state index contributed by atoms with van der Waals surface area (Å²) in [4.78, 5) is 10.9. The molecule has 0 N–H and O–H groups in total. The number of aryl methyl sites for hydroxylation is 1. The third-order valence-electron chi connectivity index (χ3n) is 5.50. The summed E-state index contributed by atoms with van der Waals surface area (Å²) in [5.41, 5.74) is 4.86. The van der Waals surface area contributed by atoms with Gasteiger partial charge in [-0.2, -0.15) is 5.10 Å². The first-order chi connectivity index (χ1) is 14.5. The molecule has 150 valence electrons. The Kier molecular flexibility index (Phi) is 4.44. The predicted molar refractivity (Wildman–Crippen MR) is 115 cm³/mol. The van der Waals surface area contributed by atoms with Crippen molar-refractivity contribution in [1.29, 1.82) is 0 Å². The van der Waals surface area contributed by atoms with Gasteiger partial charge in [-0.05, 0) is 30.7 Å². The Hall–Kier alpha value is -3.38. The molecule has 0 unspecified atom stereocenters. The van der Waals surface area contributed by atoms with Crippen LogP contribution >= 0.6 is 11.6 Å². The molecule has 30 heavy (non-hydrogen) atoms. The molecule has 6 nitrogen and oxygen atoms in total. The molecule has 0 saturated carbocycles. The van der Waals surface area contributed by atoms with Crippen LogP contribution in [-0.4, -0.2) is 15.6 Å². The van der Waals surface area contributed by atoms with E-state index in [-0.39, 0.29) is 11.7 Å². The number of hydrogen-bond donors (Lipinski definition) is 0. The van der Waals surface area contributed by atoms with Crippen LogP contribution in [-0.2, 0) is 0 Å². The predicted octanol–water partition coefficient (Wildman–Crippen LogP) is 5.80. The standard InChI is InChI=1S/C23H18ClN3O3/c1-14-5-7-15(8-6-14)20-13-21-19-12-17(24)9-10-22(19)30-23(26(21)25-20)16-3-2-4-18(11-16)27(28)29/h2-12,21,23H,13H2,1H3/t21-,23+/m0/s1. The van der Waals surface area contributed by atoms with Gasteiger partial charge in [-0.3, -0.25) is 10.1 Å². The molecule has 0 saturated heterocycles. The maximum Gasteiger partial charge on any atom is 0.269 e. The van der Waals surface area contributed by atoms with Crippen LogP contribution in [0, 0.1) is 17.0 Å². The van der Waals surface area contributed by atoms with Crippen LogP contribution < -0.4 is 4.74 Å². The average Bonchev–Trinajstić information content (AvgIpc) is 3.19. The number of benzene rings is 3. The van der Waals surface area contributed by atoms with Crippen molar-refractivity contribution in [3.05, 3.63) is 104 Å². The van der Waals surface area contributed by atoms with Crippen molar-refractivity contribution in [2.45, 2.75) is 25.6 Å². The highest BCUT2D eigenvalue weighted by Gasteiger charge is 2.41. The van der Waals surface area contributed by atoms with Gasteiger partial charge in [0.2, 0.25) is 6.23 Å². The van der Waals surface area contributed by atoms with Crippen LogP contribution in [0.5, 0.6) is 5.75 Å². The van der Waals surface area contributed by atoms with Crippen molar-refractivity contribution < 1.29 is 9.66 Å². The Morgan fingerprint density at radius 3 is 2.70 bits per heavy atom. The number of ether oxygens (including phenoxy) is 1. The van der Waals surface area contributed by atoms with E-state index in [2.05, 4.69) is 24.3 Å². The van der Waals surface area contributed by atoms with Crippen molar-refractivity contribution in [3.63, 3.8) is 0 Å². The molecule has 3 aromatic carbocycles. The third-order valence-corrected chi connectivity index (χ3v) is 5.74. The Balaban J connectivity index is 1.60. The first-order valence-corrected chi connectivity index (χ1v) is 10.0. The van der Waals surface area contributed by atoms with Crippen molar-refractivity contribution in [2.24, 2.45) is 5.10 Å². The Labute approximate surface area is 178 Å². The van der Waals surface area contributed by atoms with Crippen molar-refractivity contribution in [2.75, 3.05) is 0 Å². The van der Waals surface area contributed by atoms with Gasteiger partial charge in [0.05, 0.1) is 16.7 Å². The van der Waals surface area contributed by atoms with Crippen molar-refractivity contribution >= 4 is 23.0 Å². The number of halogens is 1. The fourth-order valence-electron chi connectivity index (χ4n) is 3.99. The SMILES string of the molecule is Cc1ccc(C2=NN3[C@@H](c4cccc([N+](=O)[O-])c4)Oc4ccc(Cl)cc4[C@@H]3C2)cc1. The van der Waals surface area contributed by atoms with E-state index in [1.165, 1.54) is 11.6 Å². The summed E-state index contributed by atoms with van der Waals surface area (Å²) in [6, 6.07) is 20.3. The molecular weight excluding hydrogens is 402 g/mol. The first-order valence-electron chi connectivity index (χ1n) is 9.63. The number of hydrogen-bond acceptors (Lipinski definition) is 5. The highest BCUT2D eigenvalue weighted by molar-refractivity contribution is 6.30. The molecule has 2 heterocycles. The highest BCUT2D eigenvalue weighted by atomic mass is 35.5. The van der Waals surface area contributed by atoms with Gasteiger partial charge >= 0.3 is 0 Å². The second kappa shape index (κ2) is 7.15. The summed E-state index contributed by atoms with van der Waals surface area (Å²) in [6.45, 7) is 2.05. The van der Waals surface area contributed by atoms with Gasteiger partial charge in [0.15, 0.2) is 0 Å². The lowest BCUT2D eigenvalue weighted by atomic mass is 9.95. The molecule has 0 radical (unpaired) electrons. The quantitative estimate of drug-likeness (QED) is 0.397. The minimum Gasteiger partial charge on any atom is -0.464 e. The summed E-state index contributed by atoms with van der Waals surface area (Å²) in [5, 5.41) is 18.7. The van der Waals surface area contributed by atoms with E-state index in [1.807, 2.05) is 30.1 Å². The zero-order valence-corrected chi connectivity index (χ0v) is 16.9. The van der Waals surface area contributed by atoms with Gasteiger partial charge < -0.3 is 4.74 Å². The van der Waals surface area contributed by atoms with Crippen LogP contribution in [0.3, 0.4) is 0 Å². The van der Waals surface area contributed by atoms with Gasteiger partial charge in [-0.15, -0.1) is 0 Å². The first kappa shape index (κ1) is 18.6. The fraction of sp³-hybridized carbons (Fsp3) is 0.174. The Morgan fingerprint density at radius 1 is 1.13 bits per heavy atom. The van der Waals surface area contributed by atoms with Gasteiger partial charge in [-0.1, -0.05) is 53.6 Å². The van der Waals surface area contributed by atoms with Crippen LogP contribution in [0.2, 0.25) is 5.02 Å². The van der Waals surface area contributed by atoms with E-state index in [0.717, 1.165) is 22.6 Å². The molecule has 5 rings (SSSR count). The van der Waals surface area contributed by atoms with Gasteiger partial charge in [0, 0.05) is 34.7 Å². The van der Waals surface area contributed by atoms with Crippen LogP contribution in [0.15, 0.2) is 71.8 Å². The second-order valence-electron chi connectivity index (χ2n) is 7.52. The molecule has 2 aliphatic heterocycles. The van der Waals surface area contributed by atoms with Crippen LogP contribution in [0.4, 0.5) is 5.69 Å². The molecule has 2 atom stereocenters. The van der Waals surface area contributed by atoms with E-state index >= 15 is 0 Å². The summed E-state index contributed by atoms with van der Waals surface area (Å²) in [7, 11) is 0. The monoisotopic (exact) mass is 419 g/mol. The number of nitro benzene ring substituents is 1. The molecule has 7 heteroatoms. The normalized spacial score (nSPS) is 19.5. The van der Waals surface area contributed by atoms with Crippen LogP contribution in [0.25, 0.3) is 0 Å². The largest absolute Gasteiger partial charge is 0.464 e. The molecule has 0 amide bonds. The fourth-order valence-corrected chi connectivity index (χ4v) is 4.17. The topological polar surface area (TPSA) is 68.0 Å². The number of hydrazone groups is 1. The van der Waals surface area contributed by atoms with Crippen molar-refractivity contribution in [1.82, 2.24) is 5.01 Å². The maximum atomic E-state index is 11.3. The molecule has 0 aliphatic carbocycles. The molecule has 3 aromatic rings. The lowest BCUT2D eigenvalue weighted by Crippen LogP contribution is -2.33. The summed E-state index contributed by atoms with van der Waals surface area (Å²) in [5.74, 6) is 0.720. The number of non-ortho nitro benzene ring substituents is 1. The molecule has 2 aliphatic rings. The minimum atomic E-state index is -0.563. The zero-order valence-electron chi connectivity index (χ0n) is 16.2. The van der Waals surface area contributed by atoms with E-state index < -0.39 is 11.2 Å². The number of rotatable bonds is 3. The minimum absolute atomic E-state index is 0.0245. The lowest BCUT2D eigenvalue weighted by molar-refractivity contribution is -0.385. The smallest absolute Gasteiger partial charge is 0.269 e. The zero-order chi connectivity index (χ0) is 20.8. The van der Waals surface area contributed by atoms with E-state index in [9.17, 15) is 10.1 Å². The number of nitro groups is 1. The van der Waals surface area contributed by atoms with E-state index in [0.29, 0.717) is 17.0 Å². The molecule has 0 bridgehead atoms. The molecule has 0 fully saturated rings. The third kappa shape index (κ3) is 3.19. The summed E-state index contributed by atoms with van der Waals surface area (Å²) >= 11 is 6.26. The van der Waals surface area contributed by atoms with Crippen molar-refractivity contribution in [3.8, 4) is 5.75 Å². The average molecular weight is 420 g/mol. The lowest BCUT2D eigenvalue weighted by Gasteiger charge is -2.38. The maximum absolute atomic E-state index is 11.3. The Morgan fingerprint density at radius 2 is 1.93 bits per heavy atom. The molecular formula is C23H18ClN3O3. The van der Waals surface area contributed by atoms with Gasteiger partial charge in [0.25, 0.3) is 5.69 Å². The number of fused-ring (bicyclic) bond motifs is 3. The summed E-state index contributed by atoms with van der Waals surface area (Å²) in [6.07, 6.45) is 0.136. The van der Waals surface area contributed by atoms with Gasteiger partial charge in [-0.25, -0.2) is 5.01 Å².